The molecule has 6 nitrogen and oxygen atoms in total. The zero-order valence-corrected chi connectivity index (χ0v) is 15.1. The van der Waals surface area contributed by atoms with Crippen LogP contribution in [0.5, 0.6) is 0 Å². The number of benzene rings is 1. The Bertz CT molecular complexity index is 885. The molecule has 2 N–H and O–H groups in total. The minimum atomic E-state index is -0.830. The second kappa shape index (κ2) is 5.70. The van der Waals surface area contributed by atoms with Crippen LogP contribution >= 0.6 is 15.9 Å². The lowest BCUT2D eigenvalue weighted by molar-refractivity contribution is -0.130. The Kier molecular flexibility index (Phi) is 3.84. The Morgan fingerprint density at radius 3 is 2.84 bits per heavy atom. The summed E-state index contributed by atoms with van der Waals surface area (Å²) in [6.45, 7) is 0.904. The van der Waals surface area contributed by atoms with Crippen molar-refractivity contribution in [1.29, 1.82) is 0 Å². The molecule has 1 spiro atoms. The highest BCUT2D eigenvalue weighted by Gasteiger charge is 2.58. The van der Waals surface area contributed by atoms with E-state index in [4.69, 9.17) is 5.11 Å². The molecule has 1 amide bonds. The molecule has 1 fully saturated rings. The van der Waals surface area contributed by atoms with Gasteiger partial charge in [0, 0.05) is 43.7 Å². The number of aliphatic hydroxyl groups is 2. The maximum absolute atomic E-state index is 13.9. The quantitative estimate of drug-likeness (QED) is 0.791. The molecule has 3 heterocycles. The number of fused-ring (bicyclic) bond motifs is 4. The first kappa shape index (κ1) is 16.8. The van der Waals surface area contributed by atoms with Gasteiger partial charge in [0.15, 0.2) is 0 Å². The van der Waals surface area contributed by atoms with E-state index in [1.54, 1.807) is 24.2 Å². The Morgan fingerprint density at radius 1 is 1.44 bits per heavy atom. The van der Waals surface area contributed by atoms with E-state index in [1.807, 2.05) is 4.90 Å². The number of carbonyl (C=O) groups is 1. The second-order valence-corrected chi connectivity index (χ2v) is 7.61. The average molecular weight is 410 g/mol. The van der Waals surface area contributed by atoms with Crippen molar-refractivity contribution in [2.75, 3.05) is 38.2 Å². The van der Waals surface area contributed by atoms with E-state index < -0.39 is 17.3 Å². The van der Waals surface area contributed by atoms with Crippen LogP contribution in [0.25, 0.3) is 10.9 Å². The van der Waals surface area contributed by atoms with Crippen molar-refractivity contribution < 1.29 is 19.4 Å². The highest BCUT2D eigenvalue weighted by molar-refractivity contribution is 9.10. The summed E-state index contributed by atoms with van der Waals surface area (Å²) in [7, 11) is 1.72. The van der Waals surface area contributed by atoms with Crippen LogP contribution < -0.4 is 4.90 Å². The molecule has 0 bridgehead atoms. The van der Waals surface area contributed by atoms with Gasteiger partial charge in [-0.1, -0.05) is 0 Å². The summed E-state index contributed by atoms with van der Waals surface area (Å²) in [4.78, 5) is 20.8. The minimum Gasteiger partial charge on any atom is -0.394 e. The first-order valence-electron chi connectivity index (χ1n) is 7.95. The van der Waals surface area contributed by atoms with Crippen LogP contribution in [0.2, 0.25) is 0 Å². The van der Waals surface area contributed by atoms with Gasteiger partial charge >= 0.3 is 0 Å². The Hall–Kier alpha value is -1.61. The lowest BCUT2D eigenvalue weighted by Gasteiger charge is -2.47. The van der Waals surface area contributed by atoms with Gasteiger partial charge in [0.1, 0.15) is 11.2 Å². The van der Waals surface area contributed by atoms with Crippen molar-refractivity contribution >= 4 is 38.4 Å². The van der Waals surface area contributed by atoms with Crippen LogP contribution in [0, 0.1) is 5.82 Å². The van der Waals surface area contributed by atoms with E-state index in [2.05, 4.69) is 20.9 Å². The molecule has 0 saturated carbocycles. The number of anilines is 1. The molecule has 8 heteroatoms. The summed E-state index contributed by atoms with van der Waals surface area (Å²) in [6, 6.07) is 3.04. The third-order valence-electron chi connectivity index (χ3n) is 5.11. The summed E-state index contributed by atoms with van der Waals surface area (Å²) in [5, 5.41) is 19.4. The number of likely N-dealkylation sites (tertiary alicyclic amines) is 1. The number of aliphatic hydroxyl groups excluding tert-OH is 2. The first-order valence-corrected chi connectivity index (χ1v) is 8.74. The zero-order valence-electron chi connectivity index (χ0n) is 13.5. The number of aromatic nitrogens is 1. The van der Waals surface area contributed by atoms with E-state index >= 15 is 0 Å². The summed E-state index contributed by atoms with van der Waals surface area (Å²) in [6.07, 6.45) is 0.784. The normalized spacial score (nSPS) is 20.2. The minimum absolute atomic E-state index is 0.0213. The van der Waals surface area contributed by atoms with Crippen molar-refractivity contribution in [1.82, 2.24) is 9.88 Å². The number of carbonyl (C=O) groups excluding carboxylic acids is 1. The van der Waals surface area contributed by atoms with E-state index in [1.165, 1.54) is 6.07 Å². The van der Waals surface area contributed by atoms with Gasteiger partial charge in [-0.05, 0) is 22.0 Å². The van der Waals surface area contributed by atoms with Crippen LogP contribution in [0.4, 0.5) is 10.1 Å². The molecule has 0 radical (unpaired) electrons. The molecule has 4 rings (SSSR count). The van der Waals surface area contributed by atoms with Gasteiger partial charge in [0.05, 0.1) is 34.6 Å². The summed E-state index contributed by atoms with van der Waals surface area (Å²) < 4.78 is 14.2. The van der Waals surface area contributed by atoms with Gasteiger partial charge in [-0.2, -0.15) is 0 Å². The number of likely N-dealkylation sites (N-methyl/N-ethyl adjacent to an activating group) is 1. The van der Waals surface area contributed by atoms with E-state index in [0.717, 1.165) is 16.6 Å². The number of hydrogen-bond donors (Lipinski definition) is 2. The number of β-amino-alcohol motifs (C(OH)–C–C–N with tert-alkyl or cyclic N) is 1. The van der Waals surface area contributed by atoms with Crippen molar-refractivity contribution in [3.63, 3.8) is 0 Å². The smallest absolute Gasteiger partial charge is 0.240 e. The monoisotopic (exact) mass is 409 g/mol. The fourth-order valence-corrected chi connectivity index (χ4v) is 4.31. The number of halogens is 2. The molecule has 0 unspecified atom stereocenters. The number of amides is 1. The SMILES string of the molecule is CN1C(=O)C2(CN(C[C@@H](O)CO)C2)c2c1cnc1cc(F)c(Br)cc21. The van der Waals surface area contributed by atoms with Gasteiger partial charge < -0.3 is 15.1 Å². The molecule has 1 saturated heterocycles. The van der Waals surface area contributed by atoms with Crippen LogP contribution in [-0.4, -0.2) is 65.4 Å². The third-order valence-corrected chi connectivity index (χ3v) is 5.72. The number of hydrogen-bond acceptors (Lipinski definition) is 5. The number of pyridine rings is 1. The Morgan fingerprint density at radius 2 is 2.16 bits per heavy atom. The summed E-state index contributed by atoms with van der Waals surface area (Å²) in [5.41, 5.74) is 1.40. The lowest BCUT2D eigenvalue weighted by Crippen LogP contribution is -2.64. The predicted octanol–water partition coefficient (Wildman–Crippen LogP) is 1.02. The van der Waals surface area contributed by atoms with Gasteiger partial charge in [0.25, 0.3) is 0 Å². The van der Waals surface area contributed by atoms with Crippen LogP contribution in [0.15, 0.2) is 22.8 Å². The van der Waals surface area contributed by atoms with Gasteiger partial charge in [-0.15, -0.1) is 0 Å². The molecule has 0 aliphatic carbocycles. The Labute approximate surface area is 152 Å². The number of nitrogens with zero attached hydrogens (tertiary/aromatic N) is 3. The largest absolute Gasteiger partial charge is 0.394 e. The van der Waals surface area contributed by atoms with Crippen molar-refractivity contribution in [3.8, 4) is 0 Å². The fourth-order valence-electron chi connectivity index (χ4n) is 3.97. The Balaban J connectivity index is 1.81. The van der Waals surface area contributed by atoms with E-state index in [-0.39, 0.29) is 12.5 Å². The first-order chi connectivity index (χ1) is 11.9. The molecular formula is C17H17BrFN3O3. The average Bonchev–Trinajstić information content (AvgIpc) is 2.78. The summed E-state index contributed by atoms with van der Waals surface area (Å²) >= 11 is 3.21. The molecule has 1 aromatic carbocycles. The van der Waals surface area contributed by atoms with E-state index in [9.17, 15) is 14.3 Å². The molecular weight excluding hydrogens is 393 g/mol. The van der Waals surface area contributed by atoms with Crippen LogP contribution in [0.1, 0.15) is 5.56 Å². The highest BCUT2D eigenvalue weighted by atomic mass is 79.9. The van der Waals surface area contributed by atoms with E-state index in [0.29, 0.717) is 29.6 Å². The molecule has 1 aromatic heterocycles. The van der Waals surface area contributed by atoms with Gasteiger partial charge in [0.2, 0.25) is 5.91 Å². The maximum atomic E-state index is 13.9. The van der Waals surface area contributed by atoms with Crippen molar-refractivity contribution in [2.45, 2.75) is 11.5 Å². The molecule has 2 aliphatic rings. The molecule has 25 heavy (non-hydrogen) atoms. The maximum Gasteiger partial charge on any atom is 0.240 e. The molecule has 132 valence electrons. The standard InChI is InChI=1S/C17H17BrFN3O3/c1-21-14-4-20-13-3-12(19)11(18)2-10(13)15(14)17(16(21)25)7-22(8-17)5-9(24)6-23/h2-4,9,23-24H,5-8H2,1H3/t9-/m1/s1. The topological polar surface area (TPSA) is 76.9 Å². The number of rotatable bonds is 3. The zero-order chi connectivity index (χ0) is 17.9. The molecule has 2 aromatic rings. The highest BCUT2D eigenvalue weighted by Crippen LogP contribution is 2.49. The summed E-state index contributed by atoms with van der Waals surface area (Å²) in [5.74, 6) is -0.417. The molecule has 1 atom stereocenters. The fraction of sp³-hybridized carbons (Fsp3) is 0.412. The van der Waals surface area contributed by atoms with Crippen molar-refractivity contribution in [3.05, 3.63) is 34.2 Å². The predicted molar refractivity (Wildman–Crippen MR) is 94.0 cm³/mol. The lowest BCUT2D eigenvalue weighted by atomic mass is 9.73. The van der Waals surface area contributed by atoms with Crippen LogP contribution in [0.3, 0.4) is 0 Å². The molecule has 2 aliphatic heterocycles. The van der Waals surface area contributed by atoms with Gasteiger partial charge in [-0.25, -0.2) is 4.39 Å². The second-order valence-electron chi connectivity index (χ2n) is 6.75. The third kappa shape index (κ3) is 2.32. The van der Waals surface area contributed by atoms with Crippen molar-refractivity contribution in [2.24, 2.45) is 0 Å². The van der Waals surface area contributed by atoms with Gasteiger partial charge in [-0.3, -0.25) is 14.7 Å². The van der Waals surface area contributed by atoms with Crippen LogP contribution in [-0.2, 0) is 10.2 Å².